The van der Waals surface area contributed by atoms with Crippen LogP contribution in [0.3, 0.4) is 0 Å². The number of para-hydroxylation sites is 1. The summed E-state index contributed by atoms with van der Waals surface area (Å²) in [7, 11) is 0. The number of nitrogens with zero attached hydrogens (tertiary/aromatic N) is 2. The Bertz CT molecular complexity index is 1630. The second-order valence-corrected chi connectivity index (χ2v) is 10.00. The Morgan fingerprint density at radius 3 is 2.58 bits per heavy atom. The van der Waals surface area contributed by atoms with Crippen LogP contribution in [0.4, 0.5) is 0 Å². The monoisotopic (exact) mass is 541 g/mol. The third kappa shape index (κ3) is 4.67. The number of rotatable bonds is 6. The molecule has 9 heteroatoms. The highest BCUT2D eigenvalue weighted by molar-refractivity contribution is 7.21. The lowest BCUT2D eigenvalue weighted by atomic mass is 10.1. The van der Waals surface area contributed by atoms with Crippen molar-refractivity contribution in [2.45, 2.75) is 6.04 Å². The van der Waals surface area contributed by atoms with E-state index >= 15 is 0 Å². The SMILES string of the molecule is O=C(OCC(=O)N1NC(c2ccc(Cl)cc2)=C[C@@H]1c1ccco1)c1ccccc1-c1nc2ccccc2s1. The number of carbonyl (C=O) groups excluding carboxylic acids is 2. The van der Waals surface area contributed by atoms with E-state index in [0.29, 0.717) is 32.6 Å². The number of carbonyl (C=O) groups is 2. The van der Waals surface area contributed by atoms with Crippen molar-refractivity contribution in [2.75, 3.05) is 6.61 Å². The fraction of sp³-hybridized carbons (Fsp3) is 0.0690. The van der Waals surface area contributed by atoms with Gasteiger partial charge in [0, 0.05) is 10.6 Å². The van der Waals surface area contributed by atoms with E-state index in [-0.39, 0.29) is 0 Å². The normalized spacial score (nSPS) is 14.8. The summed E-state index contributed by atoms with van der Waals surface area (Å²) in [4.78, 5) is 31.1. The van der Waals surface area contributed by atoms with Gasteiger partial charge in [0.25, 0.3) is 5.91 Å². The van der Waals surface area contributed by atoms with Crippen LogP contribution in [0.2, 0.25) is 5.02 Å². The fourth-order valence-corrected chi connectivity index (χ4v) is 5.39. The van der Waals surface area contributed by atoms with Crippen LogP contribution in [0.1, 0.15) is 27.7 Å². The van der Waals surface area contributed by atoms with Gasteiger partial charge in [0.1, 0.15) is 16.8 Å². The Labute approximate surface area is 226 Å². The first-order chi connectivity index (χ1) is 18.6. The summed E-state index contributed by atoms with van der Waals surface area (Å²) in [6.45, 7) is -0.459. The van der Waals surface area contributed by atoms with E-state index in [2.05, 4.69) is 10.4 Å². The minimum absolute atomic E-state index is 0.344. The van der Waals surface area contributed by atoms with Crippen molar-refractivity contribution < 1.29 is 18.7 Å². The van der Waals surface area contributed by atoms with Crippen LogP contribution in [-0.4, -0.2) is 28.5 Å². The van der Waals surface area contributed by atoms with Crippen molar-refractivity contribution in [3.63, 3.8) is 0 Å². The Balaban J connectivity index is 1.20. The van der Waals surface area contributed by atoms with Crippen LogP contribution < -0.4 is 5.43 Å². The number of fused-ring (bicyclic) bond motifs is 1. The van der Waals surface area contributed by atoms with Crippen molar-refractivity contribution >= 4 is 50.7 Å². The number of aromatic nitrogens is 1. The summed E-state index contributed by atoms with van der Waals surface area (Å²) in [5.74, 6) is -0.465. The summed E-state index contributed by atoms with van der Waals surface area (Å²) in [5.41, 5.74) is 6.55. The first-order valence-corrected chi connectivity index (χ1v) is 13.0. The zero-order chi connectivity index (χ0) is 26.1. The van der Waals surface area contributed by atoms with Gasteiger partial charge in [-0.2, -0.15) is 0 Å². The molecule has 2 aromatic heterocycles. The lowest BCUT2D eigenvalue weighted by Gasteiger charge is -2.24. The van der Waals surface area contributed by atoms with Gasteiger partial charge in [0.15, 0.2) is 6.61 Å². The lowest BCUT2D eigenvalue weighted by Crippen LogP contribution is -2.42. The Hall–Kier alpha value is -4.40. The van der Waals surface area contributed by atoms with Crippen LogP contribution in [0.5, 0.6) is 0 Å². The molecular weight excluding hydrogens is 522 g/mol. The molecule has 7 nitrogen and oxygen atoms in total. The first kappa shape index (κ1) is 24.0. The van der Waals surface area contributed by atoms with Crippen LogP contribution in [0.25, 0.3) is 26.5 Å². The summed E-state index contributed by atoms with van der Waals surface area (Å²) in [5, 5.41) is 2.72. The van der Waals surface area contributed by atoms with E-state index in [1.165, 1.54) is 16.3 Å². The van der Waals surface area contributed by atoms with Gasteiger partial charge in [-0.1, -0.05) is 54.1 Å². The largest absolute Gasteiger partial charge is 0.467 e. The number of thiazole rings is 1. The van der Waals surface area contributed by atoms with E-state index in [4.69, 9.17) is 20.8 Å². The highest BCUT2D eigenvalue weighted by Crippen LogP contribution is 2.34. The average molecular weight is 542 g/mol. The van der Waals surface area contributed by atoms with Crippen molar-refractivity contribution in [1.82, 2.24) is 15.4 Å². The molecule has 1 N–H and O–H groups in total. The van der Waals surface area contributed by atoms with Gasteiger partial charge in [-0.3, -0.25) is 10.2 Å². The number of halogens is 1. The van der Waals surface area contributed by atoms with Gasteiger partial charge < -0.3 is 9.15 Å². The van der Waals surface area contributed by atoms with Gasteiger partial charge in [-0.25, -0.2) is 14.8 Å². The average Bonchev–Trinajstić information content (AvgIpc) is 3.71. The third-order valence-corrected chi connectivity index (χ3v) is 7.42. The smallest absolute Gasteiger partial charge is 0.339 e. The van der Waals surface area contributed by atoms with Crippen LogP contribution in [0, 0.1) is 0 Å². The first-order valence-electron chi connectivity index (χ1n) is 11.8. The molecule has 5 aromatic rings. The van der Waals surface area contributed by atoms with Gasteiger partial charge in [-0.05, 0) is 54.1 Å². The van der Waals surface area contributed by atoms with Crippen molar-refractivity contribution in [2.24, 2.45) is 0 Å². The van der Waals surface area contributed by atoms with E-state index in [1.54, 1.807) is 42.7 Å². The van der Waals surface area contributed by atoms with Crippen LogP contribution in [0.15, 0.2) is 102 Å². The predicted molar refractivity (Wildman–Crippen MR) is 146 cm³/mol. The van der Waals surface area contributed by atoms with Gasteiger partial charge in [0.2, 0.25) is 0 Å². The molecule has 0 saturated carbocycles. The number of ether oxygens (including phenoxy) is 1. The van der Waals surface area contributed by atoms with Crippen molar-refractivity contribution in [3.8, 4) is 10.6 Å². The molecule has 188 valence electrons. The Kier molecular flexibility index (Phi) is 6.41. The maximum atomic E-state index is 13.3. The van der Waals surface area contributed by atoms with Gasteiger partial charge >= 0.3 is 5.97 Å². The molecule has 0 aliphatic carbocycles. The second kappa shape index (κ2) is 10.2. The second-order valence-electron chi connectivity index (χ2n) is 8.53. The summed E-state index contributed by atoms with van der Waals surface area (Å²) in [6, 6.07) is 25.2. The number of hydrogen-bond acceptors (Lipinski definition) is 7. The summed E-state index contributed by atoms with van der Waals surface area (Å²) in [6.07, 6.45) is 3.43. The van der Waals surface area contributed by atoms with Gasteiger partial charge in [0.05, 0.1) is 27.7 Å². The molecule has 38 heavy (non-hydrogen) atoms. The van der Waals surface area contributed by atoms with Gasteiger partial charge in [-0.15, -0.1) is 11.3 Å². The molecule has 1 aliphatic rings. The molecule has 0 spiro atoms. The highest BCUT2D eigenvalue weighted by Gasteiger charge is 2.33. The number of nitrogens with one attached hydrogen (secondary N) is 1. The number of furan rings is 1. The maximum Gasteiger partial charge on any atom is 0.339 e. The quantitative estimate of drug-likeness (QED) is 0.247. The molecule has 6 rings (SSSR count). The van der Waals surface area contributed by atoms with E-state index < -0.39 is 24.5 Å². The third-order valence-electron chi connectivity index (χ3n) is 6.10. The number of hydrazine groups is 1. The topological polar surface area (TPSA) is 84.7 Å². The molecule has 0 unspecified atom stereocenters. The minimum atomic E-state index is -0.604. The fourth-order valence-electron chi connectivity index (χ4n) is 4.26. The lowest BCUT2D eigenvalue weighted by molar-refractivity contribution is -0.138. The molecule has 0 bridgehead atoms. The van der Waals surface area contributed by atoms with Crippen LogP contribution in [-0.2, 0) is 9.53 Å². The highest BCUT2D eigenvalue weighted by atomic mass is 35.5. The maximum absolute atomic E-state index is 13.3. The molecule has 0 saturated heterocycles. The molecule has 0 fully saturated rings. The number of benzene rings is 3. The standard InChI is InChI=1S/C29H20ClN3O4S/c30-19-13-11-18(12-14-19)23-16-24(25-9-5-15-36-25)33(32-23)27(34)17-37-29(35)21-7-2-1-6-20(21)28-31-22-8-3-4-10-26(22)38-28/h1-16,24,32H,17H2/t24-/m1/s1. The zero-order valence-electron chi connectivity index (χ0n) is 19.8. The minimum Gasteiger partial charge on any atom is -0.467 e. The predicted octanol–water partition coefficient (Wildman–Crippen LogP) is 6.50. The van der Waals surface area contributed by atoms with E-state index in [9.17, 15) is 9.59 Å². The van der Waals surface area contributed by atoms with E-state index in [0.717, 1.165) is 15.8 Å². The van der Waals surface area contributed by atoms with Crippen molar-refractivity contribution in [1.29, 1.82) is 0 Å². The Morgan fingerprint density at radius 2 is 1.79 bits per heavy atom. The number of hydrogen-bond donors (Lipinski definition) is 1. The molecule has 1 atom stereocenters. The zero-order valence-corrected chi connectivity index (χ0v) is 21.4. The summed E-state index contributed by atoms with van der Waals surface area (Å²) < 4.78 is 12.1. The van der Waals surface area contributed by atoms with E-state index in [1.807, 2.05) is 54.6 Å². The number of amides is 1. The molecule has 0 radical (unpaired) electrons. The molecule has 3 heterocycles. The molecule has 1 aliphatic heterocycles. The molecule has 3 aromatic carbocycles. The molecular formula is C29H20ClN3O4S. The van der Waals surface area contributed by atoms with Crippen molar-refractivity contribution in [3.05, 3.63) is 119 Å². The molecule has 1 amide bonds. The number of esters is 1. The summed E-state index contributed by atoms with van der Waals surface area (Å²) >= 11 is 7.52. The Morgan fingerprint density at radius 1 is 1.00 bits per heavy atom. The van der Waals surface area contributed by atoms with Crippen LogP contribution >= 0.6 is 22.9 Å².